The average Bonchev–Trinajstić information content (AvgIpc) is 2.72. The summed E-state index contributed by atoms with van der Waals surface area (Å²) in [5.41, 5.74) is 1.16. The molecule has 29 heavy (non-hydrogen) atoms. The number of aryl methyl sites for hydroxylation is 1. The summed E-state index contributed by atoms with van der Waals surface area (Å²) in [4.78, 5) is 13.7. The summed E-state index contributed by atoms with van der Waals surface area (Å²) in [6.45, 7) is 3.35. The number of rotatable bonds is 7. The van der Waals surface area contributed by atoms with E-state index in [0.717, 1.165) is 17.4 Å². The molecular formula is C21H25FN2O4S. The zero-order valence-corrected chi connectivity index (χ0v) is 17.2. The second-order valence-electron chi connectivity index (χ2n) is 6.98. The Morgan fingerprint density at radius 3 is 2.34 bits per heavy atom. The van der Waals surface area contributed by atoms with Crippen molar-refractivity contribution in [3.63, 3.8) is 0 Å². The van der Waals surface area contributed by atoms with Crippen LogP contribution in [0.2, 0.25) is 0 Å². The Hall–Kier alpha value is -2.45. The smallest absolute Gasteiger partial charge is 0.246 e. The molecule has 2 aromatic rings. The Morgan fingerprint density at radius 1 is 1.03 bits per heavy atom. The molecule has 1 amide bonds. The maximum atomic E-state index is 13.9. The molecule has 0 aliphatic carbocycles. The number of hydrogen-bond acceptors (Lipinski definition) is 4. The molecule has 156 valence electrons. The Balaban J connectivity index is 1.44. The third kappa shape index (κ3) is 5.33. The lowest BCUT2D eigenvalue weighted by atomic mass is 10.2. The fraction of sp³-hybridized carbons (Fsp3) is 0.381. The van der Waals surface area contributed by atoms with E-state index in [1.165, 1.54) is 22.5 Å². The molecule has 0 unspecified atom stereocenters. The summed E-state index contributed by atoms with van der Waals surface area (Å²) in [6, 6.07) is 13.1. The van der Waals surface area contributed by atoms with Crippen molar-refractivity contribution < 1.29 is 22.3 Å². The fourth-order valence-corrected chi connectivity index (χ4v) is 4.66. The molecule has 1 heterocycles. The van der Waals surface area contributed by atoms with Gasteiger partial charge in [0, 0.05) is 32.6 Å². The van der Waals surface area contributed by atoms with Crippen LogP contribution in [0.15, 0.2) is 53.4 Å². The summed E-state index contributed by atoms with van der Waals surface area (Å²) in [5.74, 6) is -0.0185. The number of carbonyl (C=O) groups is 1. The third-order valence-electron chi connectivity index (χ3n) is 4.87. The molecule has 1 aliphatic heterocycles. The summed E-state index contributed by atoms with van der Waals surface area (Å²) >= 11 is 0. The standard InChI is InChI=1S/C21H25FN2O4S/c1-17-8-10-18(11-9-17)28-16-4-7-21(25)23-12-14-24(15-13-23)29(26,27)20-6-3-2-5-19(20)22/h2-3,5-6,8-11H,4,7,12-16H2,1H3. The first kappa shape index (κ1) is 21.3. The van der Waals surface area contributed by atoms with E-state index in [2.05, 4.69) is 0 Å². The van der Waals surface area contributed by atoms with Crippen molar-refractivity contribution >= 4 is 15.9 Å². The summed E-state index contributed by atoms with van der Waals surface area (Å²) < 4.78 is 46.0. The predicted octanol–water partition coefficient (Wildman–Crippen LogP) is 2.83. The molecule has 3 rings (SSSR count). The van der Waals surface area contributed by atoms with E-state index in [0.29, 0.717) is 32.5 Å². The minimum absolute atomic E-state index is 0.0274. The predicted molar refractivity (Wildman–Crippen MR) is 108 cm³/mol. The molecule has 0 radical (unpaired) electrons. The number of benzene rings is 2. The number of piperazine rings is 1. The van der Waals surface area contributed by atoms with Gasteiger partial charge in [-0.3, -0.25) is 4.79 Å². The van der Waals surface area contributed by atoms with Gasteiger partial charge in [0.1, 0.15) is 16.5 Å². The van der Waals surface area contributed by atoms with Gasteiger partial charge in [0.2, 0.25) is 15.9 Å². The molecule has 1 aliphatic rings. The van der Waals surface area contributed by atoms with Crippen LogP contribution in [0.4, 0.5) is 4.39 Å². The van der Waals surface area contributed by atoms with E-state index in [-0.39, 0.29) is 23.9 Å². The van der Waals surface area contributed by atoms with Crippen molar-refractivity contribution in [1.29, 1.82) is 0 Å². The molecule has 0 bridgehead atoms. The van der Waals surface area contributed by atoms with Gasteiger partial charge in [0.25, 0.3) is 0 Å². The Labute approximate surface area is 170 Å². The third-order valence-corrected chi connectivity index (χ3v) is 6.80. The molecule has 0 aromatic heterocycles. The Morgan fingerprint density at radius 2 is 1.69 bits per heavy atom. The largest absolute Gasteiger partial charge is 0.494 e. The molecule has 0 spiro atoms. The maximum Gasteiger partial charge on any atom is 0.246 e. The normalized spacial score (nSPS) is 15.3. The number of nitrogens with zero attached hydrogens (tertiary/aromatic N) is 2. The van der Waals surface area contributed by atoms with Crippen LogP contribution in [0, 0.1) is 12.7 Å². The number of halogens is 1. The monoisotopic (exact) mass is 420 g/mol. The van der Waals surface area contributed by atoms with Crippen molar-refractivity contribution in [3.05, 3.63) is 59.9 Å². The van der Waals surface area contributed by atoms with Gasteiger partial charge in [-0.15, -0.1) is 0 Å². The highest BCUT2D eigenvalue weighted by atomic mass is 32.2. The topological polar surface area (TPSA) is 66.9 Å². The quantitative estimate of drug-likeness (QED) is 0.646. The molecular weight excluding hydrogens is 395 g/mol. The Kier molecular flexibility index (Phi) is 6.87. The number of hydrogen-bond donors (Lipinski definition) is 0. The van der Waals surface area contributed by atoms with Crippen LogP contribution in [-0.4, -0.2) is 56.3 Å². The van der Waals surface area contributed by atoms with E-state index in [1.54, 1.807) is 4.90 Å². The van der Waals surface area contributed by atoms with E-state index in [9.17, 15) is 17.6 Å². The van der Waals surface area contributed by atoms with Gasteiger partial charge in [0.05, 0.1) is 6.61 Å². The molecule has 0 saturated carbocycles. The van der Waals surface area contributed by atoms with Crippen molar-refractivity contribution in [2.45, 2.75) is 24.7 Å². The van der Waals surface area contributed by atoms with Crippen molar-refractivity contribution in [2.75, 3.05) is 32.8 Å². The summed E-state index contributed by atoms with van der Waals surface area (Å²) in [7, 11) is -3.90. The zero-order chi connectivity index (χ0) is 20.9. The van der Waals surface area contributed by atoms with E-state index in [1.807, 2.05) is 31.2 Å². The lowest BCUT2D eigenvalue weighted by Gasteiger charge is -2.34. The number of amides is 1. The van der Waals surface area contributed by atoms with Gasteiger partial charge < -0.3 is 9.64 Å². The van der Waals surface area contributed by atoms with Crippen LogP contribution in [0.5, 0.6) is 5.75 Å². The zero-order valence-electron chi connectivity index (χ0n) is 16.4. The summed E-state index contributed by atoms with van der Waals surface area (Å²) in [6.07, 6.45) is 0.923. The van der Waals surface area contributed by atoms with Crippen LogP contribution < -0.4 is 4.74 Å². The molecule has 0 atom stereocenters. The number of carbonyl (C=O) groups excluding carboxylic acids is 1. The first-order valence-corrected chi connectivity index (χ1v) is 11.0. The highest BCUT2D eigenvalue weighted by molar-refractivity contribution is 7.89. The van der Waals surface area contributed by atoms with Crippen molar-refractivity contribution in [2.24, 2.45) is 0 Å². The van der Waals surface area contributed by atoms with Crippen LogP contribution in [-0.2, 0) is 14.8 Å². The molecule has 8 heteroatoms. The first-order valence-electron chi connectivity index (χ1n) is 9.60. The number of ether oxygens (including phenoxy) is 1. The van der Waals surface area contributed by atoms with Gasteiger partial charge in [-0.1, -0.05) is 29.8 Å². The van der Waals surface area contributed by atoms with Crippen LogP contribution >= 0.6 is 0 Å². The van der Waals surface area contributed by atoms with Crippen LogP contribution in [0.25, 0.3) is 0 Å². The van der Waals surface area contributed by atoms with Crippen LogP contribution in [0.3, 0.4) is 0 Å². The molecule has 2 aromatic carbocycles. The van der Waals surface area contributed by atoms with Gasteiger partial charge in [-0.05, 0) is 37.6 Å². The highest BCUT2D eigenvalue weighted by Crippen LogP contribution is 2.20. The lowest BCUT2D eigenvalue weighted by Crippen LogP contribution is -2.50. The average molecular weight is 421 g/mol. The summed E-state index contributed by atoms with van der Waals surface area (Å²) in [5, 5.41) is 0. The lowest BCUT2D eigenvalue weighted by molar-refractivity contribution is -0.132. The van der Waals surface area contributed by atoms with Gasteiger partial charge >= 0.3 is 0 Å². The highest BCUT2D eigenvalue weighted by Gasteiger charge is 2.31. The molecule has 1 fully saturated rings. The van der Waals surface area contributed by atoms with Gasteiger partial charge in [-0.25, -0.2) is 12.8 Å². The minimum atomic E-state index is -3.90. The van der Waals surface area contributed by atoms with Crippen molar-refractivity contribution in [1.82, 2.24) is 9.21 Å². The van der Waals surface area contributed by atoms with E-state index >= 15 is 0 Å². The first-order chi connectivity index (χ1) is 13.9. The number of sulfonamides is 1. The van der Waals surface area contributed by atoms with Gasteiger partial charge in [-0.2, -0.15) is 4.31 Å². The van der Waals surface area contributed by atoms with E-state index < -0.39 is 15.8 Å². The van der Waals surface area contributed by atoms with Crippen LogP contribution in [0.1, 0.15) is 18.4 Å². The minimum Gasteiger partial charge on any atom is -0.494 e. The second kappa shape index (κ2) is 9.37. The van der Waals surface area contributed by atoms with Crippen molar-refractivity contribution in [3.8, 4) is 5.75 Å². The second-order valence-corrected chi connectivity index (χ2v) is 8.89. The molecule has 0 N–H and O–H groups in total. The molecule has 1 saturated heterocycles. The molecule has 6 nitrogen and oxygen atoms in total. The van der Waals surface area contributed by atoms with Gasteiger partial charge in [0.15, 0.2) is 0 Å². The SMILES string of the molecule is Cc1ccc(OCCCC(=O)N2CCN(S(=O)(=O)c3ccccc3F)CC2)cc1. The maximum absolute atomic E-state index is 13.9. The fourth-order valence-electron chi connectivity index (χ4n) is 3.18. The Bertz CT molecular complexity index is 939. The van der Waals surface area contributed by atoms with E-state index in [4.69, 9.17) is 4.74 Å².